The molecule has 0 aliphatic carbocycles. The molecule has 2 unspecified atom stereocenters. The quantitative estimate of drug-likeness (QED) is 0.611. The fourth-order valence-corrected chi connectivity index (χ4v) is 3.05. The maximum absolute atomic E-state index is 2.80. The summed E-state index contributed by atoms with van der Waals surface area (Å²) in [7, 11) is 0. The van der Waals surface area contributed by atoms with Crippen LogP contribution < -0.4 is 0 Å². The fraction of sp³-hybridized carbons (Fsp3) is 1.00. The van der Waals surface area contributed by atoms with Gasteiger partial charge in [0.05, 0.1) is 0 Å². The monoisotopic (exact) mass is 167 g/mol. The first-order valence-corrected chi connectivity index (χ1v) is 5.67. The summed E-state index contributed by atoms with van der Waals surface area (Å²) < 4.78 is 0. The summed E-state index contributed by atoms with van der Waals surface area (Å²) >= 11 is 0. The minimum absolute atomic E-state index is 0.955. The van der Waals surface area contributed by atoms with E-state index < -0.39 is 0 Å². The third-order valence-corrected chi connectivity index (χ3v) is 3.59. The Morgan fingerprint density at radius 1 is 1.17 bits per heavy atom. The maximum atomic E-state index is 2.80. The summed E-state index contributed by atoms with van der Waals surface area (Å²) in [6.07, 6.45) is 10.2. The summed E-state index contributed by atoms with van der Waals surface area (Å²) in [5, 5.41) is 0. The Bertz CT molecular complexity index is 142. The van der Waals surface area contributed by atoms with Crippen LogP contribution in [0.4, 0.5) is 0 Å². The van der Waals surface area contributed by atoms with Gasteiger partial charge in [0.1, 0.15) is 0 Å². The van der Waals surface area contributed by atoms with E-state index in [-0.39, 0.29) is 0 Å². The van der Waals surface area contributed by atoms with E-state index >= 15 is 0 Å². The Morgan fingerprint density at radius 2 is 2.00 bits per heavy atom. The lowest BCUT2D eigenvalue weighted by Crippen LogP contribution is -2.42. The van der Waals surface area contributed by atoms with Crippen LogP contribution in [0.5, 0.6) is 0 Å². The van der Waals surface area contributed by atoms with Gasteiger partial charge in [-0.2, -0.15) is 0 Å². The molecule has 0 aromatic carbocycles. The molecule has 0 radical (unpaired) electrons. The molecule has 0 saturated carbocycles. The van der Waals surface area contributed by atoms with Gasteiger partial charge in [-0.15, -0.1) is 0 Å². The molecule has 0 amide bonds. The Morgan fingerprint density at radius 3 is 2.83 bits per heavy atom. The van der Waals surface area contributed by atoms with Crippen molar-refractivity contribution in [2.24, 2.45) is 0 Å². The van der Waals surface area contributed by atoms with Crippen LogP contribution >= 0.6 is 0 Å². The van der Waals surface area contributed by atoms with Crippen molar-refractivity contribution in [3.63, 3.8) is 0 Å². The lowest BCUT2D eigenvalue weighted by Gasteiger charge is -2.37. The molecule has 2 atom stereocenters. The van der Waals surface area contributed by atoms with Gasteiger partial charge >= 0.3 is 0 Å². The van der Waals surface area contributed by atoms with Gasteiger partial charge in [0, 0.05) is 12.1 Å². The standard InChI is InChI=1S/C11H21N/c1-2-5-10-6-3-7-11-8-4-9-12(10)11/h10-11H,2-9H2,1H3. The van der Waals surface area contributed by atoms with Crippen LogP contribution in [0.3, 0.4) is 0 Å². The van der Waals surface area contributed by atoms with E-state index in [9.17, 15) is 0 Å². The van der Waals surface area contributed by atoms with Crippen LogP contribution in [-0.2, 0) is 0 Å². The van der Waals surface area contributed by atoms with Crippen LogP contribution in [0, 0.1) is 0 Å². The van der Waals surface area contributed by atoms with Crippen LogP contribution in [0.15, 0.2) is 0 Å². The summed E-state index contributed by atoms with van der Waals surface area (Å²) in [4.78, 5) is 2.80. The average molecular weight is 167 g/mol. The zero-order valence-electron chi connectivity index (χ0n) is 8.26. The molecule has 0 aromatic rings. The van der Waals surface area contributed by atoms with Gasteiger partial charge in [0.15, 0.2) is 0 Å². The molecule has 0 N–H and O–H groups in total. The van der Waals surface area contributed by atoms with Gasteiger partial charge in [-0.25, -0.2) is 0 Å². The van der Waals surface area contributed by atoms with Gasteiger partial charge < -0.3 is 0 Å². The summed E-state index contributed by atoms with van der Waals surface area (Å²) in [5.74, 6) is 0. The number of fused-ring (bicyclic) bond motifs is 1. The van der Waals surface area contributed by atoms with Crippen molar-refractivity contribution in [2.75, 3.05) is 6.54 Å². The van der Waals surface area contributed by atoms with Crippen LogP contribution in [-0.4, -0.2) is 23.5 Å². The predicted octanol–water partition coefficient (Wildman–Crippen LogP) is 2.80. The van der Waals surface area contributed by atoms with E-state index in [1.165, 1.54) is 51.5 Å². The van der Waals surface area contributed by atoms with Gasteiger partial charge in [0.25, 0.3) is 0 Å². The molecule has 2 fully saturated rings. The van der Waals surface area contributed by atoms with Crippen molar-refractivity contribution in [3.8, 4) is 0 Å². The molecule has 70 valence electrons. The lowest BCUT2D eigenvalue weighted by molar-refractivity contribution is 0.116. The number of hydrogen-bond acceptors (Lipinski definition) is 1. The molecular formula is C11H21N. The van der Waals surface area contributed by atoms with Gasteiger partial charge in [-0.3, -0.25) is 4.90 Å². The number of nitrogens with zero attached hydrogens (tertiary/aromatic N) is 1. The largest absolute Gasteiger partial charge is 0.297 e. The molecular weight excluding hydrogens is 146 g/mol. The molecule has 2 heterocycles. The van der Waals surface area contributed by atoms with Gasteiger partial charge in [0.2, 0.25) is 0 Å². The van der Waals surface area contributed by atoms with Crippen LogP contribution in [0.2, 0.25) is 0 Å². The van der Waals surface area contributed by atoms with Crippen molar-refractivity contribution in [1.29, 1.82) is 0 Å². The third kappa shape index (κ3) is 1.52. The first kappa shape index (κ1) is 8.55. The molecule has 1 heteroatoms. The molecule has 2 saturated heterocycles. The number of piperidine rings is 1. The second-order valence-electron chi connectivity index (χ2n) is 4.41. The van der Waals surface area contributed by atoms with Crippen LogP contribution in [0.25, 0.3) is 0 Å². The Kier molecular flexibility index (Phi) is 2.69. The van der Waals surface area contributed by atoms with E-state index in [0.717, 1.165) is 12.1 Å². The summed E-state index contributed by atoms with van der Waals surface area (Å²) in [6, 6.07) is 1.94. The molecule has 2 rings (SSSR count). The highest BCUT2D eigenvalue weighted by Crippen LogP contribution is 2.32. The molecule has 0 bridgehead atoms. The van der Waals surface area contributed by atoms with Crippen LogP contribution in [0.1, 0.15) is 51.9 Å². The third-order valence-electron chi connectivity index (χ3n) is 3.59. The zero-order chi connectivity index (χ0) is 8.39. The van der Waals surface area contributed by atoms with Crippen molar-refractivity contribution in [3.05, 3.63) is 0 Å². The van der Waals surface area contributed by atoms with E-state index in [0.29, 0.717) is 0 Å². The van der Waals surface area contributed by atoms with Gasteiger partial charge in [-0.1, -0.05) is 19.8 Å². The Labute approximate surface area is 76.1 Å². The maximum Gasteiger partial charge on any atom is 0.00986 e. The van der Waals surface area contributed by atoms with E-state index in [1.807, 2.05) is 0 Å². The summed E-state index contributed by atoms with van der Waals surface area (Å²) in [6.45, 7) is 3.72. The van der Waals surface area contributed by atoms with Crippen molar-refractivity contribution in [2.45, 2.75) is 64.0 Å². The highest BCUT2D eigenvalue weighted by atomic mass is 15.2. The smallest absolute Gasteiger partial charge is 0.00986 e. The van der Waals surface area contributed by atoms with Crippen molar-refractivity contribution < 1.29 is 0 Å². The molecule has 2 aliphatic heterocycles. The first-order valence-electron chi connectivity index (χ1n) is 5.67. The first-order chi connectivity index (χ1) is 5.92. The SMILES string of the molecule is CCCC1CCCC2CCCN12. The van der Waals surface area contributed by atoms with E-state index in [2.05, 4.69) is 11.8 Å². The average Bonchev–Trinajstić information content (AvgIpc) is 2.53. The highest BCUT2D eigenvalue weighted by molar-refractivity contribution is 4.88. The fourth-order valence-electron chi connectivity index (χ4n) is 3.05. The Hall–Kier alpha value is -0.0400. The second kappa shape index (κ2) is 3.78. The molecule has 0 spiro atoms. The zero-order valence-corrected chi connectivity index (χ0v) is 8.26. The van der Waals surface area contributed by atoms with Crippen molar-refractivity contribution >= 4 is 0 Å². The van der Waals surface area contributed by atoms with E-state index in [1.54, 1.807) is 0 Å². The normalized spacial score (nSPS) is 36.8. The number of hydrogen-bond donors (Lipinski definition) is 0. The molecule has 2 aliphatic rings. The minimum atomic E-state index is 0.955. The van der Waals surface area contributed by atoms with E-state index in [4.69, 9.17) is 0 Å². The Balaban J connectivity index is 1.94. The second-order valence-corrected chi connectivity index (χ2v) is 4.41. The number of rotatable bonds is 2. The molecule has 12 heavy (non-hydrogen) atoms. The van der Waals surface area contributed by atoms with Gasteiger partial charge in [-0.05, 0) is 38.6 Å². The lowest BCUT2D eigenvalue weighted by atomic mass is 9.94. The summed E-state index contributed by atoms with van der Waals surface area (Å²) in [5.41, 5.74) is 0. The minimum Gasteiger partial charge on any atom is -0.297 e. The molecule has 1 nitrogen and oxygen atoms in total. The topological polar surface area (TPSA) is 3.24 Å². The van der Waals surface area contributed by atoms with Crippen molar-refractivity contribution in [1.82, 2.24) is 4.90 Å². The highest BCUT2D eigenvalue weighted by Gasteiger charge is 2.32. The molecule has 0 aromatic heterocycles. The predicted molar refractivity (Wildman–Crippen MR) is 52.3 cm³/mol.